The molecule has 0 fully saturated rings. The molecule has 2 N–H and O–H groups in total. The molecule has 22 heavy (non-hydrogen) atoms. The average molecular weight is 322 g/mol. The van der Waals surface area contributed by atoms with Gasteiger partial charge >= 0.3 is 5.97 Å². The highest BCUT2D eigenvalue weighted by molar-refractivity contribution is 7.89. The Labute approximate surface area is 129 Å². The van der Waals surface area contributed by atoms with Crippen LogP contribution in [0.1, 0.15) is 19.4 Å². The highest BCUT2D eigenvalue weighted by atomic mass is 32.2. The van der Waals surface area contributed by atoms with Gasteiger partial charge in [-0.2, -0.15) is 4.72 Å². The van der Waals surface area contributed by atoms with Crippen LogP contribution < -0.4 is 4.72 Å². The molecule has 0 saturated heterocycles. The van der Waals surface area contributed by atoms with Crippen LogP contribution in [0.4, 0.5) is 0 Å². The van der Waals surface area contributed by atoms with Crippen LogP contribution >= 0.6 is 0 Å². The maximum atomic E-state index is 12.7. The maximum absolute atomic E-state index is 12.7. The van der Waals surface area contributed by atoms with Crippen LogP contribution in [-0.4, -0.2) is 30.5 Å². The minimum absolute atomic E-state index is 0.0255. The van der Waals surface area contributed by atoms with E-state index >= 15 is 0 Å². The Morgan fingerprint density at radius 2 is 1.95 bits per heavy atom. The minimum Gasteiger partial charge on any atom is -0.480 e. The van der Waals surface area contributed by atoms with Crippen LogP contribution in [0.3, 0.4) is 0 Å². The fraction of sp³-hybridized carbons (Fsp3) is 0.333. The Kier molecular flexibility index (Phi) is 4.48. The smallest absolute Gasteiger partial charge is 0.322 e. The first-order chi connectivity index (χ1) is 10.2. The molecule has 0 radical (unpaired) electrons. The number of sulfonamides is 1. The number of carboxylic acids is 1. The van der Waals surface area contributed by atoms with Crippen LogP contribution in [0.15, 0.2) is 35.4 Å². The number of fused-ring (bicyclic) bond motifs is 1. The topological polar surface area (TPSA) is 96.4 Å². The molecule has 0 spiro atoms. The molecule has 0 amide bonds. The number of rotatable bonds is 5. The maximum Gasteiger partial charge on any atom is 0.322 e. The largest absolute Gasteiger partial charge is 0.480 e. The molecule has 0 aliphatic heterocycles. The van der Waals surface area contributed by atoms with Crippen LogP contribution in [0.25, 0.3) is 10.9 Å². The van der Waals surface area contributed by atoms with Crippen molar-refractivity contribution in [2.45, 2.75) is 31.7 Å². The van der Waals surface area contributed by atoms with Crippen molar-refractivity contribution in [2.24, 2.45) is 5.92 Å². The average Bonchev–Trinajstić information content (AvgIpc) is 2.43. The molecule has 1 aromatic heterocycles. The Bertz CT molecular complexity index is 815. The Hall–Kier alpha value is -1.99. The number of hydrogen-bond acceptors (Lipinski definition) is 4. The summed E-state index contributed by atoms with van der Waals surface area (Å²) in [5.41, 5.74) is 0.856. The van der Waals surface area contributed by atoms with E-state index in [4.69, 9.17) is 0 Å². The van der Waals surface area contributed by atoms with Crippen molar-refractivity contribution < 1.29 is 18.3 Å². The summed E-state index contributed by atoms with van der Waals surface area (Å²) in [5, 5.41) is 9.88. The molecule has 0 unspecified atom stereocenters. The quantitative estimate of drug-likeness (QED) is 0.877. The summed E-state index contributed by atoms with van der Waals surface area (Å²) in [7, 11) is -4.00. The first-order valence-electron chi connectivity index (χ1n) is 6.83. The molecular formula is C15H18N2O4S. The third kappa shape index (κ3) is 3.10. The van der Waals surface area contributed by atoms with E-state index in [2.05, 4.69) is 9.71 Å². The number of pyridine rings is 1. The molecule has 2 aromatic rings. The van der Waals surface area contributed by atoms with Crippen molar-refractivity contribution in [1.29, 1.82) is 0 Å². The Balaban J connectivity index is 2.59. The van der Waals surface area contributed by atoms with E-state index in [0.29, 0.717) is 16.5 Å². The van der Waals surface area contributed by atoms with E-state index in [9.17, 15) is 18.3 Å². The normalized spacial score (nSPS) is 13.5. The van der Waals surface area contributed by atoms with Crippen molar-refractivity contribution in [3.05, 3.63) is 36.0 Å². The number of aliphatic carboxylic acids is 1. The van der Waals surface area contributed by atoms with Gasteiger partial charge in [0.05, 0.1) is 5.52 Å². The summed E-state index contributed by atoms with van der Waals surface area (Å²) in [6.07, 6.45) is 1.51. The van der Waals surface area contributed by atoms with E-state index in [-0.39, 0.29) is 10.8 Å². The number of nitrogens with one attached hydrogen (secondary N) is 1. The van der Waals surface area contributed by atoms with Crippen molar-refractivity contribution in [2.75, 3.05) is 0 Å². The summed E-state index contributed by atoms with van der Waals surface area (Å²) in [5.74, 6) is -1.58. The molecule has 1 atom stereocenters. The second-order valence-electron chi connectivity index (χ2n) is 5.47. The van der Waals surface area contributed by atoms with Gasteiger partial charge in [0.2, 0.25) is 10.0 Å². The summed E-state index contributed by atoms with van der Waals surface area (Å²) in [6, 6.07) is 5.76. The fourth-order valence-electron chi connectivity index (χ4n) is 2.26. The van der Waals surface area contributed by atoms with Gasteiger partial charge in [-0.15, -0.1) is 0 Å². The van der Waals surface area contributed by atoms with Gasteiger partial charge in [0.15, 0.2) is 0 Å². The first-order valence-corrected chi connectivity index (χ1v) is 8.32. The van der Waals surface area contributed by atoms with Crippen LogP contribution in [-0.2, 0) is 14.8 Å². The summed E-state index contributed by atoms with van der Waals surface area (Å²) < 4.78 is 27.6. The SMILES string of the molecule is Cc1ccc2cccnc2c1S(=O)(=O)N[C@H](C(=O)O)C(C)C. The predicted octanol–water partition coefficient (Wildman–Crippen LogP) is 1.93. The second kappa shape index (κ2) is 6.02. The molecular weight excluding hydrogens is 304 g/mol. The van der Waals surface area contributed by atoms with Gasteiger partial charge in [-0.1, -0.05) is 32.0 Å². The van der Waals surface area contributed by atoms with Gasteiger partial charge in [-0.05, 0) is 24.5 Å². The zero-order valence-corrected chi connectivity index (χ0v) is 13.4. The van der Waals surface area contributed by atoms with E-state index in [0.717, 1.165) is 0 Å². The third-order valence-corrected chi connectivity index (χ3v) is 5.03. The highest BCUT2D eigenvalue weighted by Crippen LogP contribution is 2.25. The van der Waals surface area contributed by atoms with E-state index in [1.54, 1.807) is 45.0 Å². The van der Waals surface area contributed by atoms with Crippen molar-refractivity contribution in [1.82, 2.24) is 9.71 Å². The van der Waals surface area contributed by atoms with Gasteiger partial charge in [0.1, 0.15) is 10.9 Å². The lowest BCUT2D eigenvalue weighted by atomic mass is 10.1. The third-order valence-electron chi connectivity index (χ3n) is 3.41. The lowest BCUT2D eigenvalue weighted by Gasteiger charge is -2.19. The Morgan fingerprint density at radius 1 is 1.27 bits per heavy atom. The number of benzene rings is 1. The standard InChI is InChI=1S/C15H18N2O4S/c1-9(2)12(15(18)19)17-22(20,21)14-10(3)6-7-11-5-4-8-16-13(11)14/h4-9,12,17H,1-3H3,(H,18,19)/t12-/m0/s1. The highest BCUT2D eigenvalue weighted by Gasteiger charge is 2.30. The van der Waals surface area contributed by atoms with Crippen molar-refractivity contribution >= 4 is 26.9 Å². The lowest BCUT2D eigenvalue weighted by molar-refractivity contribution is -0.140. The molecule has 0 bridgehead atoms. The molecule has 1 heterocycles. The van der Waals surface area contributed by atoms with Crippen molar-refractivity contribution in [3.63, 3.8) is 0 Å². The van der Waals surface area contributed by atoms with Gasteiger partial charge in [0, 0.05) is 11.6 Å². The zero-order chi connectivity index (χ0) is 16.5. The Morgan fingerprint density at radius 3 is 2.55 bits per heavy atom. The minimum atomic E-state index is -4.00. The lowest BCUT2D eigenvalue weighted by Crippen LogP contribution is -2.44. The number of carbonyl (C=O) groups is 1. The second-order valence-corrected chi connectivity index (χ2v) is 7.12. The van der Waals surface area contributed by atoms with Gasteiger partial charge in [0.25, 0.3) is 0 Å². The van der Waals surface area contributed by atoms with Gasteiger partial charge in [-0.3, -0.25) is 9.78 Å². The summed E-state index contributed by atoms with van der Waals surface area (Å²) >= 11 is 0. The first kappa shape index (κ1) is 16.4. The molecule has 2 rings (SSSR count). The van der Waals surface area contributed by atoms with Gasteiger partial charge < -0.3 is 5.11 Å². The molecule has 7 heteroatoms. The molecule has 0 aliphatic rings. The number of nitrogens with zero attached hydrogens (tertiary/aromatic N) is 1. The number of carboxylic acid groups (broad SMARTS) is 1. The zero-order valence-electron chi connectivity index (χ0n) is 12.6. The number of aromatic nitrogens is 1. The van der Waals surface area contributed by atoms with Crippen LogP contribution in [0, 0.1) is 12.8 Å². The fourth-order valence-corrected chi connectivity index (χ4v) is 4.00. The van der Waals surface area contributed by atoms with Crippen molar-refractivity contribution in [3.8, 4) is 0 Å². The van der Waals surface area contributed by atoms with Crippen LogP contribution in [0.5, 0.6) is 0 Å². The molecule has 0 saturated carbocycles. The van der Waals surface area contributed by atoms with Gasteiger partial charge in [-0.25, -0.2) is 8.42 Å². The van der Waals surface area contributed by atoms with E-state index < -0.39 is 22.0 Å². The van der Waals surface area contributed by atoms with Crippen LogP contribution in [0.2, 0.25) is 0 Å². The van der Waals surface area contributed by atoms with E-state index in [1.807, 2.05) is 0 Å². The monoisotopic (exact) mass is 322 g/mol. The number of hydrogen-bond donors (Lipinski definition) is 2. The molecule has 6 nitrogen and oxygen atoms in total. The molecule has 1 aromatic carbocycles. The predicted molar refractivity (Wildman–Crippen MR) is 83.1 cm³/mol. The number of aryl methyl sites for hydroxylation is 1. The summed E-state index contributed by atoms with van der Waals surface area (Å²) in [4.78, 5) is 15.4. The molecule has 118 valence electrons. The summed E-state index contributed by atoms with van der Waals surface area (Å²) in [6.45, 7) is 4.96. The van der Waals surface area contributed by atoms with E-state index in [1.165, 1.54) is 6.20 Å². The molecule has 0 aliphatic carbocycles.